The van der Waals surface area contributed by atoms with Crippen molar-refractivity contribution in [3.05, 3.63) is 53.8 Å². The molecule has 0 amide bonds. The van der Waals surface area contributed by atoms with Crippen LogP contribution in [0.25, 0.3) is 5.57 Å². The molecule has 2 aromatic carbocycles. The first-order valence-corrected chi connectivity index (χ1v) is 12.9. The number of cyclic esters (lactones) is 1. The van der Waals surface area contributed by atoms with E-state index < -0.39 is 5.97 Å². The second-order valence-corrected chi connectivity index (χ2v) is 8.41. The number of hydrogen-bond acceptors (Lipinski definition) is 9. The summed E-state index contributed by atoms with van der Waals surface area (Å²) in [6, 6.07) is 13.5. The zero-order valence-electron chi connectivity index (χ0n) is 21.8. The van der Waals surface area contributed by atoms with Crippen molar-refractivity contribution >= 4 is 17.2 Å². The number of carbonyl (C=O) groups excluding carboxylic acids is 1. The fourth-order valence-electron chi connectivity index (χ4n) is 4.37. The number of hydrogen-bond donors (Lipinski definition) is 1. The molecular formula is C28H36N2O7. The largest absolute Gasteiger partial charge is 0.492 e. The Morgan fingerprint density at radius 3 is 2.51 bits per heavy atom. The van der Waals surface area contributed by atoms with Gasteiger partial charge >= 0.3 is 5.97 Å². The van der Waals surface area contributed by atoms with E-state index in [-0.39, 0.29) is 12.8 Å². The van der Waals surface area contributed by atoms with Crippen molar-refractivity contribution in [2.75, 3.05) is 64.2 Å². The van der Waals surface area contributed by atoms with E-state index in [1.165, 1.54) is 0 Å². The molecule has 2 aliphatic heterocycles. The minimum atomic E-state index is -0.409. The summed E-state index contributed by atoms with van der Waals surface area (Å²) in [5, 5.41) is 3.40. The molecule has 0 aliphatic carbocycles. The summed E-state index contributed by atoms with van der Waals surface area (Å²) in [6.07, 6.45) is -0.151. The maximum atomic E-state index is 12.5. The molecule has 2 heterocycles. The Morgan fingerprint density at radius 1 is 0.946 bits per heavy atom. The molecule has 1 saturated heterocycles. The van der Waals surface area contributed by atoms with E-state index in [4.69, 9.17) is 28.4 Å². The number of benzene rings is 2. The molecule has 1 N–H and O–H groups in total. The Balaban J connectivity index is 1.35. The molecule has 4 rings (SSSR count). The first-order chi connectivity index (χ1) is 18.1. The molecule has 9 nitrogen and oxygen atoms in total. The molecule has 37 heavy (non-hydrogen) atoms. The van der Waals surface area contributed by atoms with Gasteiger partial charge in [-0.1, -0.05) is 18.2 Å². The number of carbonyl (C=O) groups is 1. The lowest BCUT2D eigenvalue weighted by atomic mass is 10.1. The molecule has 2 aliphatic rings. The molecule has 0 unspecified atom stereocenters. The predicted molar refractivity (Wildman–Crippen MR) is 140 cm³/mol. The van der Waals surface area contributed by atoms with Crippen molar-refractivity contribution in [3.8, 4) is 17.2 Å². The normalized spacial score (nSPS) is 17.5. The van der Waals surface area contributed by atoms with Gasteiger partial charge in [-0.15, -0.1) is 0 Å². The minimum Gasteiger partial charge on any atom is -0.492 e. The van der Waals surface area contributed by atoms with Gasteiger partial charge in [0.25, 0.3) is 0 Å². The Labute approximate surface area is 218 Å². The second-order valence-electron chi connectivity index (χ2n) is 8.41. The van der Waals surface area contributed by atoms with Crippen LogP contribution < -0.4 is 24.4 Å². The molecule has 1 fully saturated rings. The van der Waals surface area contributed by atoms with Gasteiger partial charge in [-0.3, -0.25) is 5.32 Å². The summed E-state index contributed by atoms with van der Waals surface area (Å²) in [4.78, 5) is 14.8. The van der Waals surface area contributed by atoms with Crippen molar-refractivity contribution in [2.24, 2.45) is 0 Å². The minimum absolute atomic E-state index is 0.104. The third-order valence-corrected chi connectivity index (χ3v) is 5.97. The highest BCUT2D eigenvalue weighted by Gasteiger charge is 2.29. The van der Waals surface area contributed by atoms with Crippen LogP contribution in [0.5, 0.6) is 17.2 Å². The summed E-state index contributed by atoms with van der Waals surface area (Å²) >= 11 is 0. The van der Waals surface area contributed by atoms with Crippen LogP contribution in [0.1, 0.15) is 26.3 Å². The lowest BCUT2D eigenvalue weighted by Crippen LogP contribution is -2.50. The maximum absolute atomic E-state index is 12.5. The predicted octanol–water partition coefficient (Wildman–Crippen LogP) is 3.62. The molecule has 2 aromatic rings. The molecule has 200 valence electrons. The monoisotopic (exact) mass is 512 g/mol. The molecule has 0 aromatic heterocycles. The number of anilines is 1. The van der Waals surface area contributed by atoms with Gasteiger partial charge in [0.2, 0.25) is 0 Å². The number of nitrogens with zero attached hydrogens (tertiary/aromatic N) is 1. The summed E-state index contributed by atoms with van der Waals surface area (Å²) < 4.78 is 34.3. The van der Waals surface area contributed by atoms with E-state index in [1.54, 1.807) is 12.1 Å². The van der Waals surface area contributed by atoms with E-state index in [0.717, 1.165) is 18.0 Å². The van der Waals surface area contributed by atoms with Crippen molar-refractivity contribution in [2.45, 2.75) is 27.0 Å². The average molecular weight is 513 g/mol. The molecule has 9 heteroatoms. The molecule has 0 saturated carbocycles. The van der Waals surface area contributed by atoms with Crippen LogP contribution in [0.4, 0.5) is 5.69 Å². The van der Waals surface area contributed by atoms with Crippen LogP contribution in [-0.2, 0) is 19.0 Å². The topological polar surface area (TPSA) is 87.7 Å². The van der Waals surface area contributed by atoms with Gasteiger partial charge in [0, 0.05) is 13.1 Å². The highest BCUT2D eigenvalue weighted by molar-refractivity contribution is 6.19. The highest BCUT2D eigenvalue weighted by Crippen LogP contribution is 2.35. The molecule has 1 atom stereocenters. The number of nitrogens with one attached hydrogen (secondary N) is 1. The van der Waals surface area contributed by atoms with Gasteiger partial charge in [0.05, 0.1) is 38.7 Å². The summed E-state index contributed by atoms with van der Waals surface area (Å²) in [5.41, 5.74) is 2.15. The smallest absolute Gasteiger partial charge is 0.342 e. The first-order valence-electron chi connectivity index (χ1n) is 12.9. The SMILES string of the molecule is CCOc1ccc(C2=C(OCCN[C@H]3CN(c4ccccc4OCC)CCO3)COC2=O)cc1OCC. The lowest BCUT2D eigenvalue weighted by molar-refractivity contribution is -0.134. The number of para-hydroxylation sites is 2. The van der Waals surface area contributed by atoms with Gasteiger partial charge in [-0.25, -0.2) is 4.79 Å². The molecular weight excluding hydrogens is 476 g/mol. The van der Waals surface area contributed by atoms with Gasteiger partial charge in [-0.2, -0.15) is 0 Å². The summed E-state index contributed by atoms with van der Waals surface area (Å²) in [7, 11) is 0. The number of esters is 1. The highest BCUT2D eigenvalue weighted by atomic mass is 16.6. The Bertz CT molecular complexity index is 1090. The van der Waals surface area contributed by atoms with Crippen molar-refractivity contribution < 1.29 is 33.2 Å². The van der Waals surface area contributed by atoms with Crippen LogP contribution in [-0.4, -0.2) is 71.5 Å². The Kier molecular flexibility index (Phi) is 9.51. The van der Waals surface area contributed by atoms with Gasteiger partial charge in [0.15, 0.2) is 11.5 Å². The van der Waals surface area contributed by atoms with Crippen LogP contribution in [0.3, 0.4) is 0 Å². The summed E-state index contributed by atoms with van der Waals surface area (Å²) in [6.45, 7) is 10.5. The van der Waals surface area contributed by atoms with Crippen LogP contribution >= 0.6 is 0 Å². The Hall–Kier alpha value is -3.43. The number of morpholine rings is 1. The standard InChI is InChI=1S/C28H36N2O7/c1-4-32-22-10-8-7-9-21(22)30-14-16-36-26(18-30)29-13-15-35-25-19-37-28(31)27(25)20-11-12-23(33-5-2)24(17-20)34-6-3/h7-12,17,26,29H,4-6,13-16,18-19H2,1-3H3/t26-/m1/s1. The Morgan fingerprint density at radius 2 is 1.70 bits per heavy atom. The van der Waals surface area contributed by atoms with Crippen LogP contribution in [0.15, 0.2) is 48.2 Å². The maximum Gasteiger partial charge on any atom is 0.342 e. The van der Waals surface area contributed by atoms with Crippen molar-refractivity contribution in [1.29, 1.82) is 0 Å². The number of rotatable bonds is 13. The van der Waals surface area contributed by atoms with Gasteiger partial charge in [0.1, 0.15) is 36.5 Å². The quantitative estimate of drug-likeness (QED) is 0.319. The summed E-state index contributed by atoms with van der Waals surface area (Å²) in [5.74, 6) is 2.20. The molecule has 0 bridgehead atoms. The van der Waals surface area contributed by atoms with Gasteiger partial charge < -0.3 is 33.3 Å². The third kappa shape index (κ3) is 6.67. The zero-order chi connectivity index (χ0) is 26.0. The third-order valence-electron chi connectivity index (χ3n) is 5.97. The average Bonchev–Trinajstić information content (AvgIpc) is 3.28. The van der Waals surface area contributed by atoms with Crippen molar-refractivity contribution in [3.63, 3.8) is 0 Å². The van der Waals surface area contributed by atoms with E-state index in [9.17, 15) is 4.79 Å². The van der Waals surface area contributed by atoms with Crippen LogP contribution in [0, 0.1) is 0 Å². The van der Waals surface area contributed by atoms with E-state index >= 15 is 0 Å². The molecule has 0 spiro atoms. The fourth-order valence-corrected chi connectivity index (χ4v) is 4.37. The first kappa shape index (κ1) is 26.6. The van der Waals surface area contributed by atoms with Gasteiger partial charge in [-0.05, 0) is 50.6 Å². The lowest BCUT2D eigenvalue weighted by Gasteiger charge is -2.35. The van der Waals surface area contributed by atoms with Crippen molar-refractivity contribution in [1.82, 2.24) is 5.32 Å². The molecule has 0 radical (unpaired) electrons. The van der Waals surface area contributed by atoms with E-state index in [0.29, 0.717) is 74.5 Å². The number of ether oxygens (including phenoxy) is 6. The fraction of sp³-hybridized carbons (Fsp3) is 0.464. The second kappa shape index (κ2) is 13.2. The van der Waals surface area contributed by atoms with E-state index in [2.05, 4.69) is 16.3 Å². The van der Waals surface area contributed by atoms with Crippen LogP contribution in [0.2, 0.25) is 0 Å². The van der Waals surface area contributed by atoms with E-state index in [1.807, 2.05) is 45.0 Å². The zero-order valence-corrected chi connectivity index (χ0v) is 21.8.